The smallest absolute Gasteiger partial charge is 0.333 e. The molecule has 4 aliphatic rings. The van der Waals surface area contributed by atoms with E-state index in [9.17, 15) is 28.8 Å². The predicted molar refractivity (Wildman–Crippen MR) is 230 cm³/mol. The molecule has 334 valence electrons. The van der Waals surface area contributed by atoms with Crippen molar-refractivity contribution in [2.45, 2.75) is 107 Å². The van der Waals surface area contributed by atoms with Gasteiger partial charge < -0.3 is 61.0 Å². The average molecular weight is 888 g/mol. The summed E-state index contributed by atoms with van der Waals surface area (Å²) < 4.78 is 23.2. The van der Waals surface area contributed by atoms with E-state index in [0.29, 0.717) is 62.5 Å². The second-order valence-corrected chi connectivity index (χ2v) is 16.5. The number of rotatable bonds is 21. The summed E-state index contributed by atoms with van der Waals surface area (Å²) in [6.45, 7) is 2.18. The van der Waals surface area contributed by atoms with Gasteiger partial charge in [-0.2, -0.15) is 0 Å². The number of hydrogen-bond acceptors (Lipinski definition) is 13. The lowest BCUT2D eigenvalue weighted by Crippen LogP contribution is -2.63. The molecule has 1 aromatic rings. The molecule has 5 rings (SSSR count). The summed E-state index contributed by atoms with van der Waals surface area (Å²) in [6, 6.07) is 1.23. The number of piperidine rings is 1. The molecule has 61 heavy (non-hydrogen) atoms. The second-order valence-electron chi connectivity index (χ2n) is 15.8. The summed E-state index contributed by atoms with van der Waals surface area (Å²) in [5.41, 5.74) is 7.62. The van der Waals surface area contributed by atoms with E-state index in [-0.39, 0.29) is 51.3 Å². The molecule has 2 aliphatic heterocycles. The fourth-order valence-electron chi connectivity index (χ4n) is 8.97. The van der Waals surface area contributed by atoms with Crippen molar-refractivity contribution in [3.8, 4) is 17.6 Å². The maximum absolute atomic E-state index is 14.2. The summed E-state index contributed by atoms with van der Waals surface area (Å²) in [4.78, 5) is 79.5. The number of esters is 1. The molecule has 1 fully saturated rings. The highest BCUT2D eigenvalue weighted by atomic mass is 31.1. The van der Waals surface area contributed by atoms with Crippen molar-refractivity contribution in [1.82, 2.24) is 36.6 Å². The number of nitrogens with two attached hydrogens (primary N) is 1. The van der Waals surface area contributed by atoms with Gasteiger partial charge in [-0.25, -0.2) is 4.79 Å². The predicted octanol–water partition coefficient (Wildman–Crippen LogP) is 0.311. The zero-order valence-corrected chi connectivity index (χ0v) is 37.0. The third-order valence-electron chi connectivity index (χ3n) is 11.9. The first-order valence-corrected chi connectivity index (χ1v) is 22.1. The Morgan fingerprint density at radius 2 is 1.80 bits per heavy atom. The summed E-state index contributed by atoms with van der Waals surface area (Å²) in [5, 5.41) is 23.7. The molecule has 21 heteroatoms. The van der Waals surface area contributed by atoms with Crippen LogP contribution in [0, 0.1) is 17.5 Å². The number of hydrogen-bond donors (Lipinski definition) is 8. The van der Waals surface area contributed by atoms with Gasteiger partial charge in [0.15, 0.2) is 23.6 Å². The van der Waals surface area contributed by atoms with Crippen LogP contribution >= 0.6 is 17.7 Å². The molecular weight excluding hydrogens is 828 g/mol. The number of nitrogens with one attached hydrogen (secondary N) is 7. The molecular formula is C40H59N9O10P2. The van der Waals surface area contributed by atoms with Gasteiger partial charge in [0.1, 0.15) is 23.9 Å². The van der Waals surface area contributed by atoms with Crippen LogP contribution in [0.5, 0.6) is 11.5 Å². The Morgan fingerprint density at radius 1 is 1.03 bits per heavy atom. The molecule has 4 unspecified atom stereocenters. The molecule has 2 aliphatic carbocycles. The van der Waals surface area contributed by atoms with Crippen LogP contribution in [0.25, 0.3) is 0 Å². The number of nitrogens with zero attached hydrogens (tertiary/aromatic N) is 1. The standard InChI is InChI=1S/C40H59N9O10P2/c1-22(50)46-26(9-7-18-44-39(42)48-61-4)36(53)45-21-32(52)47-27(12-15-31(51)43-17-6-5-8-25(41)37(54)59-60)38(55)57-30-14-11-24-28-20-23-10-13-29(56-3)34-33(23)40(24,35(30)58-34)16-19-49(28)2/h4,10,13-14,24-28,35,61H,5-9,11-12,15-21,41,60H2,1-3H3,(H,43,51)(H,45,53)(H,46,50)(H,47,52)(H3,42,44,48)/t24-,25?,26-,27?,28+,35-,40-/m0/s1. The molecule has 9 atom stereocenters. The third kappa shape index (κ3) is 11.3. The molecule has 1 spiro atoms. The molecule has 1 saturated heterocycles. The summed E-state index contributed by atoms with van der Waals surface area (Å²) >= 11 is 0. The van der Waals surface area contributed by atoms with Crippen molar-refractivity contribution >= 4 is 59.2 Å². The number of likely N-dealkylation sites (tertiary alicyclic amines) is 1. The van der Waals surface area contributed by atoms with Crippen molar-refractivity contribution in [1.29, 1.82) is 5.41 Å². The van der Waals surface area contributed by atoms with E-state index in [2.05, 4.69) is 54.2 Å². The van der Waals surface area contributed by atoms with Gasteiger partial charge in [0.25, 0.3) is 0 Å². The zero-order valence-electron chi connectivity index (χ0n) is 34.9. The van der Waals surface area contributed by atoms with E-state index in [4.69, 9.17) is 31.5 Å². The molecule has 19 nitrogen and oxygen atoms in total. The van der Waals surface area contributed by atoms with E-state index in [1.807, 2.05) is 21.6 Å². The Hall–Kier alpha value is -4.92. The van der Waals surface area contributed by atoms with Gasteiger partial charge in [-0.05, 0) is 103 Å². The number of carbonyl (C=O) groups excluding carboxylic acids is 6. The number of likely N-dealkylation sites (N-methyl/N-ethyl adjacent to an activating group) is 1. The number of guanidine groups is 1. The van der Waals surface area contributed by atoms with Crippen LogP contribution in [-0.2, 0) is 49.9 Å². The lowest BCUT2D eigenvalue weighted by atomic mass is 9.53. The lowest BCUT2D eigenvalue weighted by molar-refractivity contribution is -0.147. The monoisotopic (exact) mass is 887 g/mol. The van der Waals surface area contributed by atoms with Gasteiger partial charge >= 0.3 is 11.9 Å². The minimum atomic E-state index is -1.29. The number of methoxy groups -OCH3 is 1. The SMILES string of the molecule is C#[PH]NC(=N)NCCC[C@H](NC(C)=O)C(=O)NCC(=O)NC(CCC(=O)NCCCCC(N)C(=O)OP)C(=O)OC1=CC[C@H]2[C@H]3Cc4ccc(OC)c5c4[C@@]2(CCN3C)[C@H]1O5. The molecule has 1 aromatic carbocycles. The lowest BCUT2D eigenvalue weighted by Gasteiger charge is -2.56. The number of benzene rings is 1. The number of allylic oxidation sites excluding steroid dienone is 1. The fourth-order valence-corrected chi connectivity index (χ4v) is 9.38. The van der Waals surface area contributed by atoms with Gasteiger partial charge in [-0.1, -0.05) is 6.07 Å². The molecule has 2 bridgehead atoms. The van der Waals surface area contributed by atoms with Crippen molar-refractivity contribution in [2.75, 3.05) is 40.3 Å². The molecule has 9 N–H and O–H groups in total. The first-order chi connectivity index (χ1) is 29.2. The van der Waals surface area contributed by atoms with E-state index < -0.39 is 65.8 Å². The van der Waals surface area contributed by atoms with Crippen LogP contribution in [0.2, 0.25) is 0 Å². The van der Waals surface area contributed by atoms with Gasteiger partial charge in [0.05, 0.1) is 23.1 Å². The van der Waals surface area contributed by atoms with Gasteiger partial charge in [-0.15, -0.1) is 6.13 Å². The van der Waals surface area contributed by atoms with Crippen LogP contribution < -0.4 is 46.9 Å². The number of amides is 4. The van der Waals surface area contributed by atoms with E-state index >= 15 is 0 Å². The molecule has 0 radical (unpaired) electrons. The quantitative estimate of drug-likeness (QED) is 0.0272. The number of ether oxygens (including phenoxy) is 3. The van der Waals surface area contributed by atoms with Crippen molar-refractivity contribution < 1.29 is 47.5 Å². The summed E-state index contributed by atoms with van der Waals surface area (Å²) in [6.07, 6.45) is 10.8. The van der Waals surface area contributed by atoms with Crippen molar-refractivity contribution in [3.05, 3.63) is 35.1 Å². The minimum Gasteiger partial charge on any atom is -0.493 e. The highest BCUT2D eigenvalue weighted by Crippen LogP contribution is 2.63. The van der Waals surface area contributed by atoms with E-state index in [1.54, 1.807) is 7.11 Å². The van der Waals surface area contributed by atoms with E-state index in [1.165, 1.54) is 12.5 Å². The van der Waals surface area contributed by atoms with Crippen LogP contribution in [-0.4, -0.2) is 117 Å². The Balaban J connectivity index is 1.26. The largest absolute Gasteiger partial charge is 0.493 e. The van der Waals surface area contributed by atoms with Crippen molar-refractivity contribution in [2.24, 2.45) is 11.7 Å². The average Bonchev–Trinajstić information content (AvgIpc) is 3.59. The van der Waals surface area contributed by atoms with Crippen LogP contribution in [0.3, 0.4) is 0 Å². The van der Waals surface area contributed by atoms with Crippen molar-refractivity contribution in [3.63, 3.8) is 0 Å². The third-order valence-corrected chi connectivity index (χ3v) is 12.5. The highest BCUT2D eigenvalue weighted by molar-refractivity contribution is 7.24. The first kappa shape index (κ1) is 47.1. The second kappa shape index (κ2) is 21.7. The molecule has 2 heterocycles. The Labute approximate surface area is 359 Å². The van der Waals surface area contributed by atoms with Gasteiger partial charge in [0, 0.05) is 43.5 Å². The summed E-state index contributed by atoms with van der Waals surface area (Å²) in [5.74, 6) is -1.68. The number of carbonyl (C=O) groups is 6. The molecule has 0 saturated carbocycles. The zero-order chi connectivity index (χ0) is 44.3. The number of unbranched alkanes of at least 4 members (excludes halogenated alkanes) is 1. The normalized spacial score (nSPS) is 22.1. The Bertz CT molecular complexity index is 1930. The molecule has 4 amide bonds. The Morgan fingerprint density at radius 3 is 2.52 bits per heavy atom. The maximum Gasteiger partial charge on any atom is 0.333 e. The van der Waals surface area contributed by atoms with Gasteiger partial charge in [0.2, 0.25) is 23.6 Å². The summed E-state index contributed by atoms with van der Waals surface area (Å²) in [7, 11) is 5.45. The first-order valence-electron chi connectivity index (χ1n) is 20.5. The van der Waals surface area contributed by atoms with Crippen LogP contribution in [0.4, 0.5) is 0 Å². The topological polar surface area (TPSA) is 265 Å². The van der Waals surface area contributed by atoms with Crippen LogP contribution in [0.15, 0.2) is 24.0 Å². The van der Waals surface area contributed by atoms with Crippen LogP contribution in [0.1, 0.15) is 75.8 Å². The maximum atomic E-state index is 14.2. The highest BCUT2D eigenvalue weighted by Gasteiger charge is 2.65. The molecule has 0 aromatic heterocycles. The Kier molecular flexibility index (Phi) is 16.8. The minimum absolute atomic E-state index is 0.0315. The fraction of sp³-hybridized carbons (Fsp3) is 0.600. The van der Waals surface area contributed by atoms with E-state index in [0.717, 1.165) is 24.9 Å². The van der Waals surface area contributed by atoms with Gasteiger partial charge in [-0.3, -0.25) is 29.4 Å².